The number of fused-ring (bicyclic) bond motifs is 1. The van der Waals surface area contributed by atoms with Gasteiger partial charge in [-0.3, -0.25) is 19.3 Å². The van der Waals surface area contributed by atoms with E-state index in [9.17, 15) is 14.4 Å². The van der Waals surface area contributed by atoms with Crippen molar-refractivity contribution >= 4 is 17.8 Å². The van der Waals surface area contributed by atoms with E-state index in [4.69, 9.17) is 4.74 Å². The van der Waals surface area contributed by atoms with Crippen molar-refractivity contribution in [2.24, 2.45) is 0 Å². The summed E-state index contributed by atoms with van der Waals surface area (Å²) in [7, 11) is 0. The maximum atomic E-state index is 13.0. The summed E-state index contributed by atoms with van der Waals surface area (Å²) in [4.78, 5) is 39.3. The van der Waals surface area contributed by atoms with Gasteiger partial charge in [0.15, 0.2) is 0 Å². The van der Waals surface area contributed by atoms with E-state index in [2.05, 4.69) is 0 Å². The molecule has 0 radical (unpaired) electrons. The van der Waals surface area contributed by atoms with E-state index in [0.29, 0.717) is 17.7 Å². The molecule has 3 rings (SSSR count). The molecule has 0 bridgehead atoms. The predicted octanol–water partition coefficient (Wildman–Crippen LogP) is 3.21. The largest absolute Gasteiger partial charge is 0.462 e. The summed E-state index contributed by atoms with van der Waals surface area (Å²) in [5.41, 5.74) is 0.0546. The fourth-order valence-electron chi connectivity index (χ4n) is 3.96. The summed E-state index contributed by atoms with van der Waals surface area (Å²) in [6.07, 6.45) is 5.06. The van der Waals surface area contributed by atoms with Gasteiger partial charge in [0.1, 0.15) is 6.10 Å². The number of rotatable bonds is 4. The number of likely N-dealkylation sites (N-methyl/N-ethyl adjacent to an activating group) is 1. The first-order valence-electron chi connectivity index (χ1n) is 9.12. The number of ether oxygens (including phenoxy) is 1. The average Bonchev–Trinajstić information content (AvgIpc) is 2.61. The summed E-state index contributed by atoms with van der Waals surface area (Å²) in [5, 5.41) is 0. The van der Waals surface area contributed by atoms with E-state index in [0.717, 1.165) is 25.7 Å². The van der Waals surface area contributed by atoms with Crippen LogP contribution in [0.4, 0.5) is 0 Å². The van der Waals surface area contributed by atoms with Gasteiger partial charge < -0.3 is 4.74 Å². The number of carbonyl (C=O) groups excluding carboxylic acids is 3. The first-order chi connectivity index (χ1) is 12.0. The van der Waals surface area contributed by atoms with E-state index in [1.54, 1.807) is 38.1 Å². The maximum absolute atomic E-state index is 13.0. The lowest BCUT2D eigenvalue weighted by molar-refractivity contribution is -0.155. The molecule has 1 heterocycles. The molecular weight excluding hydrogens is 318 g/mol. The van der Waals surface area contributed by atoms with Gasteiger partial charge in [0.05, 0.1) is 11.8 Å². The molecule has 0 spiro atoms. The van der Waals surface area contributed by atoms with Crippen LogP contribution in [-0.4, -0.2) is 35.3 Å². The SMILES string of the molecule is CCN1C(=O)c2ccccc2C(C)(CC(=O)OC2CCCCC2)C1=O. The Morgan fingerprint density at radius 2 is 1.88 bits per heavy atom. The number of esters is 1. The maximum Gasteiger partial charge on any atom is 0.307 e. The number of nitrogens with zero attached hydrogens (tertiary/aromatic N) is 1. The van der Waals surface area contributed by atoms with Crippen LogP contribution in [0.3, 0.4) is 0 Å². The molecule has 2 aliphatic rings. The first-order valence-corrected chi connectivity index (χ1v) is 9.12. The van der Waals surface area contributed by atoms with Gasteiger partial charge in [-0.2, -0.15) is 0 Å². The molecule has 1 atom stereocenters. The van der Waals surface area contributed by atoms with Crippen molar-refractivity contribution in [3.05, 3.63) is 35.4 Å². The highest BCUT2D eigenvalue weighted by molar-refractivity contribution is 6.13. The Labute approximate surface area is 148 Å². The van der Waals surface area contributed by atoms with Crippen molar-refractivity contribution < 1.29 is 19.1 Å². The van der Waals surface area contributed by atoms with E-state index in [1.807, 2.05) is 0 Å². The fourth-order valence-corrected chi connectivity index (χ4v) is 3.96. The Bertz CT molecular complexity index is 693. The zero-order valence-corrected chi connectivity index (χ0v) is 14.9. The van der Waals surface area contributed by atoms with E-state index in [1.165, 1.54) is 11.3 Å². The van der Waals surface area contributed by atoms with Crippen LogP contribution in [0, 0.1) is 0 Å². The lowest BCUT2D eigenvalue weighted by Crippen LogP contribution is -2.53. The van der Waals surface area contributed by atoms with Gasteiger partial charge in [-0.15, -0.1) is 0 Å². The predicted molar refractivity (Wildman–Crippen MR) is 93.1 cm³/mol. The van der Waals surface area contributed by atoms with Crippen LogP contribution in [0.15, 0.2) is 24.3 Å². The number of carbonyl (C=O) groups is 3. The number of amides is 2. The van der Waals surface area contributed by atoms with Crippen LogP contribution < -0.4 is 0 Å². The van der Waals surface area contributed by atoms with Gasteiger partial charge in [0.2, 0.25) is 5.91 Å². The Morgan fingerprint density at radius 1 is 1.20 bits per heavy atom. The minimum atomic E-state index is -1.06. The van der Waals surface area contributed by atoms with E-state index in [-0.39, 0.29) is 30.3 Å². The summed E-state index contributed by atoms with van der Waals surface area (Å²) in [5.74, 6) is -0.969. The molecule has 1 aromatic carbocycles. The molecule has 5 nitrogen and oxygen atoms in total. The van der Waals surface area contributed by atoms with Crippen LogP contribution in [0.1, 0.15) is 68.3 Å². The lowest BCUT2D eigenvalue weighted by Gasteiger charge is -2.39. The summed E-state index contributed by atoms with van der Waals surface area (Å²) in [6, 6.07) is 7.07. The molecule has 134 valence electrons. The molecule has 25 heavy (non-hydrogen) atoms. The van der Waals surface area contributed by atoms with E-state index >= 15 is 0 Å². The molecule has 1 unspecified atom stereocenters. The van der Waals surface area contributed by atoms with Gasteiger partial charge in [-0.05, 0) is 51.2 Å². The molecule has 5 heteroatoms. The fraction of sp³-hybridized carbons (Fsp3) is 0.550. The van der Waals surface area contributed by atoms with Crippen LogP contribution in [0.2, 0.25) is 0 Å². The molecule has 1 saturated carbocycles. The van der Waals surface area contributed by atoms with E-state index < -0.39 is 5.41 Å². The van der Waals surface area contributed by atoms with Crippen molar-refractivity contribution in [3.63, 3.8) is 0 Å². The van der Waals surface area contributed by atoms with Crippen molar-refractivity contribution in [2.45, 2.75) is 63.9 Å². The normalized spacial score (nSPS) is 24.2. The molecular formula is C20H25NO4. The number of hydrogen-bond acceptors (Lipinski definition) is 4. The lowest BCUT2D eigenvalue weighted by atomic mass is 9.73. The minimum absolute atomic E-state index is 0.0386. The monoisotopic (exact) mass is 343 g/mol. The van der Waals surface area contributed by atoms with Gasteiger partial charge in [-0.25, -0.2) is 0 Å². The number of benzene rings is 1. The molecule has 0 aromatic heterocycles. The summed E-state index contributed by atoms with van der Waals surface area (Å²) in [6.45, 7) is 3.80. The first kappa shape index (κ1) is 17.6. The summed E-state index contributed by atoms with van der Waals surface area (Å²) < 4.78 is 5.62. The Hall–Kier alpha value is -2.17. The van der Waals surface area contributed by atoms with Crippen LogP contribution in [0.25, 0.3) is 0 Å². The number of hydrogen-bond donors (Lipinski definition) is 0. The second kappa shape index (κ2) is 6.98. The Balaban J connectivity index is 1.86. The third kappa shape index (κ3) is 3.20. The third-order valence-corrected chi connectivity index (χ3v) is 5.38. The molecule has 1 aliphatic heterocycles. The molecule has 2 amide bonds. The quantitative estimate of drug-likeness (QED) is 0.622. The van der Waals surface area contributed by atoms with Crippen molar-refractivity contribution in [2.75, 3.05) is 6.54 Å². The highest BCUT2D eigenvalue weighted by atomic mass is 16.5. The van der Waals surface area contributed by atoms with Crippen LogP contribution in [0.5, 0.6) is 0 Å². The van der Waals surface area contributed by atoms with Gasteiger partial charge in [0.25, 0.3) is 5.91 Å². The molecule has 0 saturated heterocycles. The second-order valence-electron chi connectivity index (χ2n) is 7.16. The third-order valence-electron chi connectivity index (χ3n) is 5.38. The van der Waals surface area contributed by atoms with Crippen LogP contribution in [-0.2, 0) is 19.7 Å². The minimum Gasteiger partial charge on any atom is -0.462 e. The molecule has 1 aliphatic carbocycles. The van der Waals surface area contributed by atoms with Crippen molar-refractivity contribution in [3.8, 4) is 0 Å². The zero-order chi connectivity index (χ0) is 18.0. The van der Waals surface area contributed by atoms with Gasteiger partial charge in [0, 0.05) is 12.1 Å². The smallest absolute Gasteiger partial charge is 0.307 e. The summed E-state index contributed by atoms with van der Waals surface area (Å²) >= 11 is 0. The van der Waals surface area contributed by atoms with Gasteiger partial charge in [-0.1, -0.05) is 24.6 Å². The highest BCUT2D eigenvalue weighted by Crippen LogP contribution is 2.38. The van der Waals surface area contributed by atoms with Crippen molar-refractivity contribution in [1.82, 2.24) is 4.90 Å². The second-order valence-corrected chi connectivity index (χ2v) is 7.16. The van der Waals surface area contributed by atoms with Crippen molar-refractivity contribution in [1.29, 1.82) is 0 Å². The number of imide groups is 1. The topological polar surface area (TPSA) is 63.7 Å². The van der Waals surface area contributed by atoms with Crippen LogP contribution >= 0.6 is 0 Å². The van der Waals surface area contributed by atoms with Gasteiger partial charge >= 0.3 is 5.97 Å². The average molecular weight is 343 g/mol. The Morgan fingerprint density at radius 3 is 2.56 bits per heavy atom. The Kier molecular flexibility index (Phi) is 4.93. The zero-order valence-electron chi connectivity index (χ0n) is 14.9. The standard InChI is InChI=1S/C20H25NO4/c1-3-21-18(23)15-11-7-8-12-16(15)20(2,19(21)24)13-17(22)25-14-9-5-4-6-10-14/h7-8,11-12,14H,3-6,9-10,13H2,1-2H3. The molecule has 0 N–H and O–H groups in total. The molecule has 1 aromatic rings. The molecule has 1 fully saturated rings. The highest BCUT2D eigenvalue weighted by Gasteiger charge is 2.48.